The van der Waals surface area contributed by atoms with Crippen molar-refractivity contribution in [3.63, 3.8) is 0 Å². The van der Waals surface area contributed by atoms with Crippen molar-refractivity contribution in [1.82, 2.24) is 5.32 Å². The van der Waals surface area contributed by atoms with Gasteiger partial charge in [-0.2, -0.15) is 0 Å². The predicted molar refractivity (Wildman–Crippen MR) is 32.8 cm³/mol. The summed E-state index contributed by atoms with van der Waals surface area (Å²) in [6.07, 6.45) is -0.759. The van der Waals surface area contributed by atoms with Gasteiger partial charge >= 0.3 is 0 Å². The van der Waals surface area contributed by atoms with E-state index in [1.807, 2.05) is 13.8 Å². The fourth-order valence-electron chi connectivity index (χ4n) is 0.927. The number of aliphatic hydroxyl groups excluding tert-OH is 1. The third kappa shape index (κ3) is 0.920. The molecule has 0 saturated carbocycles. The van der Waals surface area contributed by atoms with Crippen molar-refractivity contribution in [3.05, 3.63) is 0 Å². The van der Waals surface area contributed by atoms with Crippen molar-refractivity contribution >= 4 is 5.91 Å². The van der Waals surface area contributed by atoms with E-state index in [1.165, 1.54) is 0 Å². The summed E-state index contributed by atoms with van der Waals surface area (Å²) in [6, 6.07) is -0.0162. The van der Waals surface area contributed by atoms with Gasteiger partial charge in [0.2, 0.25) is 0 Å². The van der Waals surface area contributed by atoms with Gasteiger partial charge in [-0.05, 0) is 5.92 Å². The van der Waals surface area contributed by atoms with Gasteiger partial charge in [-0.3, -0.25) is 4.79 Å². The molecule has 0 aromatic rings. The highest BCUT2D eigenvalue weighted by Crippen LogP contribution is 2.14. The molecule has 2 atom stereocenters. The molecule has 9 heavy (non-hydrogen) atoms. The summed E-state index contributed by atoms with van der Waals surface area (Å²) >= 11 is 0. The molecule has 1 saturated heterocycles. The van der Waals surface area contributed by atoms with Gasteiger partial charge in [0.05, 0.1) is 6.04 Å². The zero-order valence-electron chi connectivity index (χ0n) is 5.59. The summed E-state index contributed by atoms with van der Waals surface area (Å²) in [5.74, 6) is 0.0893. The summed E-state index contributed by atoms with van der Waals surface area (Å²) < 4.78 is 0. The molecule has 2 N–H and O–H groups in total. The molecule has 1 rings (SSSR count). The van der Waals surface area contributed by atoms with E-state index in [0.29, 0.717) is 5.92 Å². The second kappa shape index (κ2) is 1.99. The van der Waals surface area contributed by atoms with E-state index in [9.17, 15) is 4.79 Å². The molecule has 1 fully saturated rings. The molecule has 3 heteroatoms. The second-order valence-electron chi connectivity index (χ2n) is 2.72. The molecule has 1 amide bonds. The van der Waals surface area contributed by atoms with Crippen LogP contribution >= 0.6 is 0 Å². The van der Waals surface area contributed by atoms with Gasteiger partial charge in [0.15, 0.2) is 6.10 Å². The lowest BCUT2D eigenvalue weighted by Crippen LogP contribution is -2.64. The molecule has 0 radical (unpaired) electrons. The maximum Gasteiger partial charge on any atom is 0.251 e. The zero-order valence-corrected chi connectivity index (χ0v) is 5.59. The van der Waals surface area contributed by atoms with Gasteiger partial charge in [-0.1, -0.05) is 13.8 Å². The van der Waals surface area contributed by atoms with Crippen LogP contribution in [-0.2, 0) is 4.79 Å². The number of carbonyl (C=O) groups excluding carboxylic acids is 1. The summed E-state index contributed by atoms with van der Waals surface area (Å²) in [7, 11) is 0. The van der Waals surface area contributed by atoms with Gasteiger partial charge in [-0.25, -0.2) is 0 Å². The molecule has 0 aromatic carbocycles. The first kappa shape index (κ1) is 6.55. The number of β-lactam (4-membered cyclic amide) rings is 1. The standard InChI is InChI=1S/C6H11NO2/c1-3(2)4-5(8)6(9)7-4/h3-5,8H,1-2H3,(H,7,9). The van der Waals surface area contributed by atoms with Crippen molar-refractivity contribution in [1.29, 1.82) is 0 Å². The third-order valence-electron chi connectivity index (χ3n) is 1.64. The molecule has 1 aliphatic heterocycles. The van der Waals surface area contributed by atoms with Crippen LogP contribution in [0.25, 0.3) is 0 Å². The Morgan fingerprint density at radius 3 is 2.33 bits per heavy atom. The van der Waals surface area contributed by atoms with E-state index < -0.39 is 6.10 Å². The highest BCUT2D eigenvalue weighted by Gasteiger charge is 2.39. The number of hydrogen-bond donors (Lipinski definition) is 2. The van der Waals surface area contributed by atoms with Gasteiger partial charge < -0.3 is 10.4 Å². The van der Waals surface area contributed by atoms with Crippen LogP contribution < -0.4 is 5.32 Å². The number of carbonyl (C=O) groups is 1. The minimum absolute atomic E-state index is 0.0162. The lowest BCUT2D eigenvalue weighted by molar-refractivity contribution is -0.144. The molecule has 0 aliphatic carbocycles. The fraction of sp³-hybridized carbons (Fsp3) is 0.833. The molecule has 3 nitrogen and oxygen atoms in total. The third-order valence-corrected chi connectivity index (χ3v) is 1.64. The molecule has 0 bridgehead atoms. The highest BCUT2D eigenvalue weighted by atomic mass is 16.3. The van der Waals surface area contributed by atoms with Crippen molar-refractivity contribution in [2.45, 2.75) is 26.0 Å². The maximum absolute atomic E-state index is 10.4. The smallest absolute Gasteiger partial charge is 0.251 e. The SMILES string of the molecule is CC(C)C1NC(=O)C1O. The van der Waals surface area contributed by atoms with Crippen LogP contribution in [0, 0.1) is 5.92 Å². The Bertz CT molecular complexity index is 133. The van der Waals surface area contributed by atoms with Crippen molar-refractivity contribution in [2.24, 2.45) is 5.92 Å². The molecule has 0 spiro atoms. The van der Waals surface area contributed by atoms with Crippen molar-refractivity contribution < 1.29 is 9.90 Å². The minimum atomic E-state index is -0.759. The summed E-state index contributed by atoms with van der Waals surface area (Å²) in [5.41, 5.74) is 0. The maximum atomic E-state index is 10.4. The first-order valence-corrected chi connectivity index (χ1v) is 3.11. The Kier molecular flexibility index (Phi) is 1.45. The highest BCUT2D eigenvalue weighted by molar-refractivity contribution is 5.87. The van der Waals surface area contributed by atoms with E-state index in [0.717, 1.165) is 0 Å². The lowest BCUT2D eigenvalue weighted by atomic mass is 9.91. The Morgan fingerprint density at radius 1 is 1.67 bits per heavy atom. The van der Waals surface area contributed by atoms with Gasteiger partial charge in [0, 0.05) is 0 Å². The molecular formula is C6H11NO2. The molecule has 2 unspecified atom stereocenters. The average Bonchev–Trinajstić information content (AvgIpc) is 1.81. The van der Waals surface area contributed by atoms with Crippen LogP contribution in [0.2, 0.25) is 0 Å². The first-order chi connectivity index (χ1) is 4.13. The normalized spacial score (nSPS) is 34.0. The topological polar surface area (TPSA) is 49.3 Å². The molecule has 52 valence electrons. The monoisotopic (exact) mass is 129 g/mol. The molecule has 1 aliphatic rings. The number of hydrogen-bond acceptors (Lipinski definition) is 2. The van der Waals surface area contributed by atoms with Crippen LogP contribution in [0.3, 0.4) is 0 Å². The van der Waals surface area contributed by atoms with E-state index in [4.69, 9.17) is 5.11 Å². The average molecular weight is 129 g/mol. The number of nitrogens with one attached hydrogen (secondary N) is 1. The van der Waals surface area contributed by atoms with Crippen LogP contribution in [0.4, 0.5) is 0 Å². The first-order valence-electron chi connectivity index (χ1n) is 3.11. The van der Waals surface area contributed by atoms with E-state index >= 15 is 0 Å². The zero-order chi connectivity index (χ0) is 7.02. The summed E-state index contributed by atoms with van der Waals surface area (Å²) in [6.45, 7) is 3.93. The number of rotatable bonds is 1. The van der Waals surface area contributed by atoms with E-state index in [2.05, 4.69) is 5.32 Å². The largest absolute Gasteiger partial charge is 0.381 e. The molecule has 1 heterocycles. The van der Waals surface area contributed by atoms with Gasteiger partial charge in [-0.15, -0.1) is 0 Å². The number of aliphatic hydroxyl groups is 1. The lowest BCUT2D eigenvalue weighted by Gasteiger charge is -2.35. The Hall–Kier alpha value is -0.570. The summed E-state index contributed by atoms with van der Waals surface area (Å²) in [4.78, 5) is 10.4. The summed E-state index contributed by atoms with van der Waals surface area (Å²) in [5, 5.41) is 11.5. The van der Waals surface area contributed by atoms with E-state index in [-0.39, 0.29) is 11.9 Å². The van der Waals surface area contributed by atoms with Crippen molar-refractivity contribution in [3.8, 4) is 0 Å². The fourth-order valence-corrected chi connectivity index (χ4v) is 0.927. The quantitative estimate of drug-likeness (QED) is 0.469. The number of amides is 1. The Labute approximate surface area is 54.1 Å². The molecular weight excluding hydrogens is 118 g/mol. The minimum Gasteiger partial charge on any atom is -0.381 e. The second-order valence-corrected chi connectivity index (χ2v) is 2.72. The van der Waals surface area contributed by atoms with Crippen LogP contribution in [0.15, 0.2) is 0 Å². The Morgan fingerprint density at radius 2 is 2.22 bits per heavy atom. The Balaban J connectivity index is 2.42. The van der Waals surface area contributed by atoms with Gasteiger partial charge in [0.25, 0.3) is 5.91 Å². The van der Waals surface area contributed by atoms with E-state index in [1.54, 1.807) is 0 Å². The van der Waals surface area contributed by atoms with Crippen LogP contribution in [-0.4, -0.2) is 23.2 Å². The van der Waals surface area contributed by atoms with Crippen LogP contribution in [0.5, 0.6) is 0 Å². The van der Waals surface area contributed by atoms with Crippen molar-refractivity contribution in [2.75, 3.05) is 0 Å². The van der Waals surface area contributed by atoms with Crippen LogP contribution in [0.1, 0.15) is 13.8 Å². The van der Waals surface area contributed by atoms with Gasteiger partial charge in [0.1, 0.15) is 0 Å². The predicted octanol–water partition coefficient (Wildman–Crippen LogP) is -0.498. The molecule has 0 aromatic heterocycles.